The highest BCUT2D eigenvalue weighted by Crippen LogP contribution is 2.21. The van der Waals surface area contributed by atoms with E-state index in [-0.39, 0.29) is 5.69 Å². The molecule has 3 heteroatoms. The van der Waals surface area contributed by atoms with E-state index in [1.807, 2.05) is 6.92 Å². The lowest BCUT2D eigenvalue weighted by molar-refractivity contribution is 0.564. The van der Waals surface area contributed by atoms with Crippen molar-refractivity contribution in [3.05, 3.63) is 29.1 Å². The number of rotatable bonds is 1. The number of aliphatic imine (C=N–C) groups is 1. The molecule has 0 aliphatic rings. The maximum absolute atomic E-state index is 12.9. The van der Waals surface area contributed by atoms with Crippen molar-refractivity contribution in [3.8, 4) is 0 Å². The lowest BCUT2D eigenvalue weighted by Crippen LogP contribution is -1.83. The molecule has 1 rings (SSSR count). The summed E-state index contributed by atoms with van der Waals surface area (Å²) >= 11 is 0. The summed E-state index contributed by atoms with van der Waals surface area (Å²) < 4.78 is 12.9. The Morgan fingerprint density at radius 3 is 2.50 bits per heavy atom. The van der Waals surface area contributed by atoms with Crippen LogP contribution in [-0.4, -0.2) is 6.08 Å². The minimum atomic E-state index is -0.485. The van der Waals surface area contributed by atoms with E-state index in [9.17, 15) is 9.18 Å². The molecule has 0 radical (unpaired) electrons. The standard InChI is InChI=1S/C9H8FNO/c1-6-3-8(10)9(11-5-12)4-7(6)2/h3-4H,1-2H3. The van der Waals surface area contributed by atoms with Crippen LogP contribution in [0, 0.1) is 19.7 Å². The molecule has 0 amide bonds. The maximum Gasteiger partial charge on any atom is 0.240 e. The van der Waals surface area contributed by atoms with Gasteiger partial charge >= 0.3 is 0 Å². The van der Waals surface area contributed by atoms with Crippen LogP contribution in [-0.2, 0) is 4.79 Å². The van der Waals surface area contributed by atoms with Gasteiger partial charge in [-0.1, -0.05) is 0 Å². The molecular weight excluding hydrogens is 157 g/mol. The van der Waals surface area contributed by atoms with Crippen LogP contribution in [0.5, 0.6) is 0 Å². The SMILES string of the molecule is Cc1cc(F)c(N=C=O)cc1C. The predicted molar refractivity (Wildman–Crippen MR) is 43.7 cm³/mol. The molecule has 12 heavy (non-hydrogen) atoms. The third kappa shape index (κ3) is 1.57. The van der Waals surface area contributed by atoms with Crippen LogP contribution in [0.4, 0.5) is 10.1 Å². The van der Waals surface area contributed by atoms with E-state index in [0.717, 1.165) is 11.1 Å². The Morgan fingerprint density at radius 1 is 1.33 bits per heavy atom. The van der Waals surface area contributed by atoms with Crippen LogP contribution in [0.15, 0.2) is 17.1 Å². The molecule has 0 N–H and O–H groups in total. The van der Waals surface area contributed by atoms with Crippen molar-refractivity contribution in [2.24, 2.45) is 4.99 Å². The molecule has 0 aliphatic carbocycles. The van der Waals surface area contributed by atoms with E-state index in [2.05, 4.69) is 4.99 Å². The van der Waals surface area contributed by atoms with Gasteiger partial charge in [0.15, 0.2) is 0 Å². The highest BCUT2D eigenvalue weighted by molar-refractivity contribution is 5.52. The summed E-state index contributed by atoms with van der Waals surface area (Å²) in [6, 6.07) is 2.88. The topological polar surface area (TPSA) is 29.4 Å². The Hall–Kier alpha value is -1.47. The molecule has 2 nitrogen and oxygen atoms in total. The summed E-state index contributed by atoms with van der Waals surface area (Å²) in [6.07, 6.45) is 1.31. The first-order valence-corrected chi connectivity index (χ1v) is 3.50. The van der Waals surface area contributed by atoms with E-state index in [4.69, 9.17) is 0 Å². The Labute approximate surface area is 69.7 Å². The lowest BCUT2D eigenvalue weighted by Gasteiger charge is -2.00. The van der Waals surface area contributed by atoms with E-state index in [1.165, 1.54) is 18.2 Å². The van der Waals surface area contributed by atoms with Crippen LogP contribution in [0.25, 0.3) is 0 Å². The quantitative estimate of drug-likeness (QED) is 0.464. The fourth-order valence-electron chi connectivity index (χ4n) is 0.901. The summed E-state index contributed by atoms with van der Waals surface area (Å²) in [4.78, 5) is 13.1. The second kappa shape index (κ2) is 3.28. The third-order valence-electron chi connectivity index (χ3n) is 1.73. The molecule has 0 atom stereocenters. The summed E-state index contributed by atoms with van der Waals surface area (Å²) in [6.45, 7) is 3.63. The number of aryl methyl sites for hydroxylation is 2. The normalized spacial score (nSPS) is 9.25. The Balaban J connectivity index is 3.32. The van der Waals surface area contributed by atoms with Gasteiger partial charge in [-0.3, -0.25) is 0 Å². The van der Waals surface area contributed by atoms with E-state index >= 15 is 0 Å². The number of isocyanates is 1. The van der Waals surface area contributed by atoms with Gasteiger partial charge in [0, 0.05) is 0 Å². The van der Waals surface area contributed by atoms with Gasteiger partial charge in [0.25, 0.3) is 0 Å². The largest absolute Gasteiger partial charge is 0.240 e. The van der Waals surface area contributed by atoms with Gasteiger partial charge in [-0.25, -0.2) is 9.18 Å². The first kappa shape index (κ1) is 8.62. The van der Waals surface area contributed by atoms with Gasteiger partial charge in [-0.05, 0) is 37.1 Å². The molecular formula is C9H8FNO. The first-order valence-electron chi connectivity index (χ1n) is 3.50. The fraction of sp³-hybridized carbons (Fsp3) is 0.222. The molecule has 0 aromatic heterocycles. The Morgan fingerprint density at radius 2 is 1.92 bits per heavy atom. The second-order valence-corrected chi connectivity index (χ2v) is 2.59. The van der Waals surface area contributed by atoms with Crippen LogP contribution in [0.1, 0.15) is 11.1 Å². The third-order valence-corrected chi connectivity index (χ3v) is 1.73. The average Bonchev–Trinajstić information content (AvgIpc) is 2.01. The van der Waals surface area contributed by atoms with Gasteiger partial charge in [0.1, 0.15) is 11.5 Å². The fourth-order valence-corrected chi connectivity index (χ4v) is 0.901. The molecule has 0 fully saturated rings. The molecule has 62 valence electrons. The van der Waals surface area contributed by atoms with Gasteiger partial charge in [0.2, 0.25) is 6.08 Å². The summed E-state index contributed by atoms with van der Waals surface area (Å²) in [5.74, 6) is -0.485. The molecule has 0 saturated heterocycles. The summed E-state index contributed by atoms with van der Waals surface area (Å²) in [7, 11) is 0. The number of hydrogen-bond donors (Lipinski definition) is 0. The minimum absolute atomic E-state index is 0.0492. The molecule has 1 aromatic rings. The average molecular weight is 165 g/mol. The Bertz CT molecular complexity index is 354. The van der Waals surface area contributed by atoms with Crippen molar-refractivity contribution in [3.63, 3.8) is 0 Å². The van der Waals surface area contributed by atoms with Crippen LogP contribution >= 0.6 is 0 Å². The number of benzene rings is 1. The lowest BCUT2D eigenvalue weighted by atomic mass is 10.1. The number of halogens is 1. The zero-order valence-corrected chi connectivity index (χ0v) is 6.89. The van der Waals surface area contributed by atoms with Crippen molar-refractivity contribution in [1.29, 1.82) is 0 Å². The van der Waals surface area contributed by atoms with Gasteiger partial charge in [0.05, 0.1) is 0 Å². The van der Waals surface area contributed by atoms with Gasteiger partial charge in [-0.15, -0.1) is 0 Å². The smallest absolute Gasteiger partial charge is 0.211 e. The molecule has 0 unspecified atom stereocenters. The molecule has 0 bridgehead atoms. The minimum Gasteiger partial charge on any atom is -0.211 e. The molecule has 1 aromatic carbocycles. The zero-order valence-electron chi connectivity index (χ0n) is 6.89. The molecule has 0 saturated carbocycles. The van der Waals surface area contributed by atoms with Gasteiger partial charge in [-0.2, -0.15) is 4.99 Å². The number of carbonyl (C=O) groups excluding carboxylic acids is 1. The number of nitrogens with zero attached hydrogens (tertiary/aromatic N) is 1. The van der Waals surface area contributed by atoms with Crippen molar-refractivity contribution >= 4 is 11.8 Å². The number of hydrogen-bond acceptors (Lipinski definition) is 2. The van der Waals surface area contributed by atoms with E-state index in [1.54, 1.807) is 6.92 Å². The van der Waals surface area contributed by atoms with E-state index in [0.29, 0.717) is 0 Å². The Kier molecular flexibility index (Phi) is 2.36. The first-order chi connectivity index (χ1) is 5.65. The maximum atomic E-state index is 12.9. The summed E-state index contributed by atoms with van der Waals surface area (Å²) in [5, 5.41) is 0. The molecule has 0 aliphatic heterocycles. The molecule has 0 spiro atoms. The zero-order chi connectivity index (χ0) is 9.14. The summed E-state index contributed by atoms with van der Waals surface area (Å²) in [5.41, 5.74) is 1.80. The van der Waals surface area contributed by atoms with Crippen molar-refractivity contribution < 1.29 is 9.18 Å². The predicted octanol–water partition coefficient (Wildman–Crippen LogP) is 2.41. The molecule has 0 heterocycles. The highest BCUT2D eigenvalue weighted by Gasteiger charge is 2.02. The highest BCUT2D eigenvalue weighted by atomic mass is 19.1. The van der Waals surface area contributed by atoms with Crippen molar-refractivity contribution in [1.82, 2.24) is 0 Å². The van der Waals surface area contributed by atoms with Crippen LogP contribution < -0.4 is 0 Å². The van der Waals surface area contributed by atoms with Gasteiger partial charge < -0.3 is 0 Å². The van der Waals surface area contributed by atoms with E-state index < -0.39 is 5.82 Å². The van der Waals surface area contributed by atoms with Crippen molar-refractivity contribution in [2.45, 2.75) is 13.8 Å². The monoisotopic (exact) mass is 165 g/mol. The van der Waals surface area contributed by atoms with Crippen molar-refractivity contribution in [2.75, 3.05) is 0 Å². The van der Waals surface area contributed by atoms with Crippen LogP contribution in [0.2, 0.25) is 0 Å². The van der Waals surface area contributed by atoms with Crippen LogP contribution in [0.3, 0.4) is 0 Å². The second-order valence-electron chi connectivity index (χ2n) is 2.59.